The molecule has 0 saturated heterocycles. The van der Waals surface area contributed by atoms with Gasteiger partial charge in [0.25, 0.3) is 0 Å². The van der Waals surface area contributed by atoms with Crippen LogP contribution in [0.3, 0.4) is 0 Å². The summed E-state index contributed by atoms with van der Waals surface area (Å²) in [6.45, 7) is 5.32. The number of hydrogen-bond acceptors (Lipinski definition) is 5. The fourth-order valence-corrected chi connectivity index (χ4v) is 0.554. The molecule has 0 amide bonds. The number of nitrogens with zero attached hydrogens (tertiary/aromatic N) is 4. The molecule has 0 radical (unpaired) electrons. The molecule has 12 heavy (non-hydrogen) atoms. The van der Waals surface area contributed by atoms with Crippen molar-refractivity contribution in [3.63, 3.8) is 0 Å². The van der Waals surface area contributed by atoms with Crippen LogP contribution < -0.4 is 0 Å². The van der Waals surface area contributed by atoms with Crippen LogP contribution in [-0.4, -0.2) is 31.9 Å². The van der Waals surface area contributed by atoms with E-state index in [9.17, 15) is 4.79 Å². The van der Waals surface area contributed by atoms with Gasteiger partial charge in [0.05, 0.1) is 0 Å². The number of hydrogen-bond donors (Lipinski definition) is 0. The Morgan fingerprint density at radius 1 is 1.50 bits per heavy atom. The molecule has 6 heteroatoms. The number of tetrazole rings is 1. The van der Waals surface area contributed by atoms with E-state index < -0.39 is 11.7 Å². The number of rotatable bonds is 0. The fourth-order valence-electron chi connectivity index (χ4n) is 0.554. The topological polar surface area (TPSA) is 69.9 Å². The van der Waals surface area contributed by atoms with Gasteiger partial charge in [-0.15, -0.1) is 9.78 Å². The van der Waals surface area contributed by atoms with E-state index in [0.717, 1.165) is 4.68 Å². The predicted octanol–water partition coefficient (Wildman–Crippen LogP) is 0.456. The summed E-state index contributed by atoms with van der Waals surface area (Å²) in [4.78, 5) is 11.1. The van der Waals surface area contributed by atoms with Crippen molar-refractivity contribution >= 4 is 6.09 Å². The molecule has 0 fully saturated rings. The third-order valence-corrected chi connectivity index (χ3v) is 0.930. The van der Waals surface area contributed by atoms with Crippen molar-refractivity contribution in [3.8, 4) is 0 Å². The molecule has 0 unspecified atom stereocenters. The summed E-state index contributed by atoms with van der Waals surface area (Å²) < 4.78 is 5.90. The molecule has 6 nitrogen and oxygen atoms in total. The second kappa shape index (κ2) is 2.88. The molecule has 0 spiro atoms. The lowest BCUT2D eigenvalue weighted by Gasteiger charge is -2.18. The molecule has 0 aliphatic rings. The quantitative estimate of drug-likeness (QED) is 0.529. The van der Waals surface area contributed by atoms with Gasteiger partial charge in [-0.2, -0.15) is 0 Å². The molecule has 0 atom stereocenters. The van der Waals surface area contributed by atoms with Crippen molar-refractivity contribution in [2.45, 2.75) is 26.4 Å². The molecule has 1 heterocycles. The Balaban J connectivity index is 2.63. The first-order valence-electron chi connectivity index (χ1n) is 3.45. The van der Waals surface area contributed by atoms with Gasteiger partial charge in [-0.05, 0) is 31.2 Å². The third-order valence-electron chi connectivity index (χ3n) is 0.930. The van der Waals surface area contributed by atoms with E-state index in [0.29, 0.717) is 0 Å². The summed E-state index contributed by atoms with van der Waals surface area (Å²) in [6.07, 6.45) is 0.612. The normalized spacial score (nSPS) is 11.2. The zero-order valence-corrected chi connectivity index (χ0v) is 7.18. The van der Waals surface area contributed by atoms with Crippen molar-refractivity contribution in [2.75, 3.05) is 0 Å². The van der Waals surface area contributed by atoms with Gasteiger partial charge in [0, 0.05) is 0 Å². The molecule has 0 saturated carbocycles. The molecular formula is C6H10N4O2. The highest BCUT2D eigenvalue weighted by Gasteiger charge is 2.18. The highest BCUT2D eigenvalue weighted by molar-refractivity contribution is 5.69. The van der Waals surface area contributed by atoms with Crippen LogP contribution >= 0.6 is 0 Å². The summed E-state index contributed by atoms with van der Waals surface area (Å²) >= 11 is 0. The van der Waals surface area contributed by atoms with Gasteiger partial charge in [-0.1, -0.05) is 0 Å². The lowest BCUT2D eigenvalue weighted by molar-refractivity contribution is 0.0511. The van der Waals surface area contributed by atoms with Crippen LogP contribution in [-0.2, 0) is 4.74 Å². The molecule has 1 aromatic heterocycles. The van der Waals surface area contributed by atoms with Crippen molar-refractivity contribution in [2.24, 2.45) is 0 Å². The van der Waals surface area contributed by atoms with Gasteiger partial charge < -0.3 is 4.74 Å². The van der Waals surface area contributed by atoms with E-state index in [1.807, 2.05) is 0 Å². The van der Waals surface area contributed by atoms with E-state index >= 15 is 0 Å². The predicted molar refractivity (Wildman–Crippen MR) is 39.4 cm³/mol. The van der Waals surface area contributed by atoms with E-state index in [4.69, 9.17) is 4.74 Å². The first-order chi connectivity index (χ1) is 5.49. The third kappa shape index (κ3) is 2.30. The highest BCUT2D eigenvalue weighted by atomic mass is 16.6. The van der Waals surface area contributed by atoms with Crippen LogP contribution in [0.15, 0.2) is 6.33 Å². The van der Waals surface area contributed by atoms with Crippen LogP contribution in [0, 0.1) is 0 Å². The van der Waals surface area contributed by atoms with E-state index in [-0.39, 0.29) is 0 Å². The summed E-state index contributed by atoms with van der Waals surface area (Å²) in [5, 5.41) is 9.99. The highest BCUT2D eigenvalue weighted by Crippen LogP contribution is 2.07. The Hall–Kier alpha value is -1.46. The van der Waals surface area contributed by atoms with Crippen molar-refractivity contribution in [3.05, 3.63) is 6.33 Å². The summed E-state index contributed by atoms with van der Waals surface area (Å²) in [7, 11) is 0. The average molecular weight is 170 g/mol. The molecule has 1 rings (SSSR count). The first-order valence-corrected chi connectivity index (χ1v) is 3.45. The molecular weight excluding hydrogens is 160 g/mol. The number of carbonyl (C=O) groups excluding carboxylic acids is 1. The molecule has 66 valence electrons. The van der Waals surface area contributed by atoms with Gasteiger partial charge >= 0.3 is 6.09 Å². The monoisotopic (exact) mass is 170 g/mol. The van der Waals surface area contributed by atoms with E-state index in [1.54, 1.807) is 20.8 Å². The molecule has 0 aliphatic heterocycles. The molecule has 0 bridgehead atoms. The van der Waals surface area contributed by atoms with Gasteiger partial charge in [0.1, 0.15) is 5.60 Å². The maximum atomic E-state index is 11.1. The zero-order chi connectivity index (χ0) is 9.19. The Bertz CT molecular complexity index is 262. The Morgan fingerprint density at radius 2 is 2.17 bits per heavy atom. The lowest BCUT2D eigenvalue weighted by Crippen LogP contribution is -2.27. The van der Waals surface area contributed by atoms with Crippen LogP contribution in [0.1, 0.15) is 20.8 Å². The van der Waals surface area contributed by atoms with Crippen molar-refractivity contribution in [1.82, 2.24) is 20.2 Å². The van der Waals surface area contributed by atoms with E-state index in [2.05, 4.69) is 15.5 Å². The zero-order valence-electron chi connectivity index (χ0n) is 7.18. The summed E-state index contributed by atoms with van der Waals surface area (Å²) in [5.74, 6) is 0. The Labute approximate surface area is 69.5 Å². The average Bonchev–Trinajstić information content (AvgIpc) is 2.32. The standard InChI is InChI=1S/C6H10N4O2/c1-6(2,3)12-5(11)10-4-7-8-9-10/h4H,1-3H3. The molecule has 1 aromatic rings. The Kier molecular flexibility index (Phi) is 2.07. The molecule has 0 N–H and O–H groups in total. The van der Waals surface area contributed by atoms with Crippen LogP contribution in [0.5, 0.6) is 0 Å². The SMILES string of the molecule is CC(C)(C)OC(=O)n1cnnn1. The van der Waals surface area contributed by atoms with Gasteiger partial charge in [-0.25, -0.2) is 4.79 Å². The first kappa shape index (κ1) is 8.63. The smallest absolute Gasteiger partial charge is 0.438 e. The molecule has 0 aromatic carbocycles. The Morgan fingerprint density at radius 3 is 2.58 bits per heavy atom. The summed E-state index contributed by atoms with van der Waals surface area (Å²) in [6, 6.07) is 0. The maximum Gasteiger partial charge on any atom is 0.438 e. The van der Waals surface area contributed by atoms with E-state index in [1.165, 1.54) is 6.33 Å². The minimum Gasteiger partial charge on any atom is -0.442 e. The molecule has 0 aliphatic carbocycles. The van der Waals surface area contributed by atoms with Gasteiger partial charge in [-0.3, -0.25) is 0 Å². The lowest BCUT2D eigenvalue weighted by atomic mass is 10.2. The minimum absolute atomic E-state index is 0.525. The fraction of sp³-hybridized carbons (Fsp3) is 0.667. The van der Waals surface area contributed by atoms with Crippen LogP contribution in [0.25, 0.3) is 0 Å². The minimum atomic E-state index is -0.576. The van der Waals surface area contributed by atoms with Crippen molar-refractivity contribution in [1.29, 1.82) is 0 Å². The van der Waals surface area contributed by atoms with Crippen LogP contribution in [0.4, 0.5) is 4.79 Å². The summed E-state index contributed by atoms with van der Waals surface area (Å²) in [5.41, 5.74) is -0.525. The van der Waals surface area contributed by atoms with Gasteiger partial charge in [0.15, 0.2) is 6.33 Å². The number of aromatic nitrogens is 4. The largest absolute Gasteiger partial charge is 0.442 e. The second-order valence-electron chi connectivity index (χ2n) is 3.23. The second-order valence-corrected chi connectivity index (χ2v) is 3.23. The van der Waals surface area contributed by atoms with Crippen LogP contribution in [0.2, 0.25) is 0 Å². The number of carbonyl (C=O) groups is 1. The maximum absolute atomic E-state index is 11.1. The van der Waals surface area contributed by atoms with Crippen molar-refractivity contribution < 1.29 is 9.53 Å². The number of ether oxygens (including phenoxy) is 1. The van der Waals surface area contributed by atoms with Gasteiger partial charge in [0.2, 0.25) is 0 Å².